The van der Waals surface area contributed by atoms with E-state index in [2.05, 4.69) is 17.4 Å². The highest BCUT2D eigenvalue weighted by Gasteiger charge is 2.26. The Hall–Kier alpha value is -2.73. The van der Waals surface area contributed by atoms with E-state index in [1.165, 1.54) is 11.8 Å². The van der Waals surface area contributed by atoms with Crippen LogP contribution in [0.15, 0.2) is 53.6 Å². The molecule has 0 aliphatic heterocycles. The summed E-state index contributed by atoms with van der Waals surface area (Å²) in [6.07, 6.45) is 2.16. The van der Waals surface area contributed by atoms with Crippen molar-refractivity contribution in [1.82, 2.24) is 10.3 Å². The highest BCUT2D eigenvalue weighted by atomic mass is 32.2. The van der Waals surface area contributed by atoms with Crippen LogP contribution in [0.25, 0.3) is 22.0 Å². The van der Waals surface area contributed by atoms with Gasteiger partial charge in [-0.2, -0.15) is 0 Å². The molecule has 1 saturated carbocycles. The van der Waals surface area contributed by atoms with Crippen molar-refractivity contribution in [3.63, 3.8) is 0 Å². The summed E-state index contributed by atoms with van der Waals surface area (Å²) >= 11 is 1.47. The molecule has 1 atom stereocenters. The Kier molecular flexibility index (Phi) is 5.62. The van der Waals surface area contributed by atoms with Crippen LogP contribution < -0.4 is 14.8 Å². The molecule has 1 aliphatic carbocycles. The van der Waals surface area contributed by atoms with Crippen molar-refractivity contribution >= 4 is 28.6 Å². The molecule has 1 aliphatic rings. The van der Waals surface area contributed by atoms with Crippen molar-refractivity contribution < 1.29 is 14.3 Å². The number of hydrogen-bond acceptors (Lipinski definition) is 5. The monoisotopic (exact) mass is 408 g/mol. The molecule has 29 heavy (non-hydrogen) atoms. The van der Waals surface area contributed by atoms with Gasteiger partial charge in [0.2, 0.25) is 5.91 Å². The lowest BCUT2D eigenvalue weighted by atomic mass is 10.0. The van der Waals surface area contributed by atoms with Gasteiger partial charge in [0.1, 0.15) is 11.5 Å². The van der Waals surface area contributed by atoms with Crippen molar-refractivity contribution in [3.8, 4) is 22.6 Å². The largest absolute Gasteiger partial charge is 0.497 e. The van der Waals surface area contributed by atoms with Gasteiger partial charge >= 0.3 is 0 Å². The summed E-state index contributed by atoms with van der Waals surface area (Å²) in [5.41, 5.74) is 2.87. The van der Waals surface area contributed by atoms with Crippen LogP contribution in [0.4, 0.5) is 0 Å². The van der Waals surface area contributed by atoms with Gasteiger partial charge in [0.15, 0.2) is 0 Å². The van der Waals surface area contributed by atoms with Gasteiger partial charge in [0.05, 0.1) is 35.4 Å². The van der Waals surface area contributed by atoms with Crippen LogP contribution in [0.2, 0.25) is 0 Å². The predicted octanol–water partition coefficient (Wildman–Crippen LogP) is 4.68. The summed E-state index contributed by atoms with van der Waals surface area (Å²) in [6.45, 7) is 1.92. The second kappa shape index (κ2) is 8.33. The molecule has 1 heterocycles. The summed E-state index contributed by atoms with van der Waals surface area (Å²) in [5.74, 6) is 1.45. The average Bonchev–Trinajstić information content (AvgIpc) is 3.56. The summed E-state index contributed by atoms with van der Waals surface area (Å²) < 4.78 is 11.1. The van der Waals surface area contributed by atoms with E-state index in [1.807, 2.05) is 43.3 Å². The number of nitrogens with one attached hydrogen (secondary N) is 1. The maximum Gasteiger partial charge on any atom is 0.233 e. The molecule has 5 nitrogen and oxygen atoms in total. The number of methoxy groups -OCH3 is 2. The average molecular weight is 409 g/mol. The summed E-state index contributed by atoms with van der Waals surface area (Å²) in [5, 5.41) is 4.57. The normalized spacial score (nSPS) is 14.4. The number of carbonyl (C=O) groups excluding carboxylic acids is 1. The van der Waals surface area contributed by atoms with E-state index in [0.29, 0.717) is 17.5 Å². The van der Waals surface area contributed by atoms with Crippen LogP contribution in [-0.4, -0.2) is 36.4 Å². The molecule has 4 rings (SSSR count). The summed E-state index contributed by atoms with van der Waals surface area (Å²) in [4.78, 5) is 17.2. The van der Waals surface area contributed by atoms with E-state index in [1.54, 1.807) is 14.2 Å². The topological polar surface area (TPSA) is 60.5 Å². The van der Waals surface area contributed by atoms with Crippen LogP contribution in [0.3, 0.4) is 0 Å². The van der Waals surface area contributed by atoms with Gasteiger partial charge in [-0.05, 0) is 37.0 Å². The minimum Gasteiger partial charge on any atom is -0.497 e. The third-order valence-corrected chi connectivity index (χ3v) is 5.97. The molecule has 0 bridgehead atoms. The number of hydrogen-bond donors (Lipinski definition) is 1. The van der Waals surface area contributed by atoms with Crippen LogP contribution in [-0.2, 0) is 4.79 Å². The number of amides is 1. The molecule has 0 radical (unpaired) electrons. The van der Waals surface area contributed by atoms with Gasteiger partial charge in [-0.3, -0.25) is 4.79 Å². The quantitative estimate of drug-likeness (QED) is 0.575. The molecular formula is C23H24N2O3S. The number of rotatable bonds is 7. The van der Waals surface area contributed by atoms with Crippen molar-refractivity contribution in [2.24, 2.45) is 0 Å². The maximum absolute atomic E-state index is 12.4. The van der Waals surface area contributed by atoms with E-state index in [9.17, 15) is 4.79 Å². The van der Waals surface area contributed by atoms with Crippen LogP contribution in [0.5, 0.6) is 11.5 Å². The molecule has 150 valence electrons. The van der Waals surface area contributed by atoms with E-state index in [-0.39, 0.29) is 11.2 Å². The minimum absolute atomic E-state index is 0.0591. The number of carbonyl (C=O) groups is 1. The van der Waals surface area contributed by atoms with Gasteiger partial charge in [-0.1, -0.05) is 42.1 Å². The van der Waals surface area contributed by atoms with Crippen LogP contribution in [0.1, 0.15) is 19.8 Å². The smallest absolute Gasteiger partial charge is 0.233 e. The third kappa shape index (κ3) is 4.32. The zero-order valence-electron chi connectivity index (χ0n) is 16.8. The number of thioether (sulfide) groups is 1. The third-order valence-electron chi connectivity index (χ3n) is 4.95. The molecular weight excluding hydrogens is 384 g/mol. The molecule has 0 spiro atoms. The number of ether oxygens (including phenoxy) is 2. The van der Waals surface area contributed by atoms with Crippen LogP contribution in [0, 0.1) is 0 Å². The Labute approximate surface area is 174 Å². The first-order chi connectivity index (χ1) is 14.1. The fourth-order valence-electron chi connectivity index (χ4n) is 3.25. The highest BCUT2D eigenvalue weighted by Crippen LogP contribution is 2.40. The van der Waals surface area contributed by atoms with Gasteiger partial charge in [0.25, 0.3) is 0 Å². The predicted molar refractivity (Wildman–Crippen MR) is 117 cm³/mol. The number of nitrogens with zero attached hydrogens (tertiary/aromatic N) is 1. The Morgan fingerprint density at radius 1 is 1.14 bits per heavy atom. The molecule has 3 aromatic rings. The Balaban J connectivity index is 1.80. The Morgan fingerprint density at radius 3 is 2.55 bits per heavy atom. The fraction of sp³-hybridized carbons (Fsp3) is 0.304. The number of benzene rings is 2. The first-order valence-corrected chi connectivity index (χ1v) is 10.6. The lowest BCUT2D eigenvalue weighted by Gasteiger charge is -2.16. The lowest BCUT2D eigenvalue weighted by Crippen LogP contribution is -2.32. The van der Waals surface area contributed by atoms with Gasteiger partial charge < -0.3 is 14.8 Å². The number of aromatic nitrogens is 1. The Morgan fingerprint density at radius 2 is 1.90 bits per heavy atom. The maximum atomic E-state index is 12.4. The second-order valence-electron chi connectivity index (χ2n) is 7.14. The zero-order valence-corrected chi connectivity index (χ0v) is 17.6. The molecule has 2 aromatic carbocycles. The summed E-state index contributed by atoms with van der Waals surface area (Å²) in [6, 6.07) is 16.3. The van der Waals surface area contributed by atoms with E-state index in [0.717, 1.165) is 39.9 Å². The van der Waals surface area contributed by atoms with Crippen LogP contribution >= 0.6 is 11.8 Å². The number of fused-ring (bicyclic) bond motifs is 1. The van der Waals surface area contributed by atoms with E-state index < -0.39 is 0 Å². The van der Waals surface area contributed by atoms with E-state index in [4.69, 9.17) is 14.5 Å². The first kappa shape index (κ1) is 19.6. The fourth-order valence-corrected chi connectivity index (χ4v) is 4.12. The highest BCUT2D eigenvalue weighted by molar-refractivity contribution is 8.00. The van der Waals surface area contributed by atoms with Gasteiger partial charge in [-0.25, -0.2) is 4.98 Å². The SMILES string of the molecule is COc1cc(OC)c2c(-c3ccccc3)cc(S[C@H](C)C(=O)NC3CC3)nc2c1. The molecule has 1 amide bonds. The molecule has 0 unspecified atom stereocenters. The molecule has 1 N–H and O–H groups in total. The van der Waals surface area contributed by atoms with Crippen molar-refractivity contribution in [2.75, 3.05) is 14.2 Å². The van der Waals surface area contributed by atoms with Gasteiger partial charge in [0, 0.05) is 18.2 Å². The summed E-state index contributed by atoms with van der Waals surface area (Å²) in [7, 11) is 3.28. The molecule has 1 fully saturated rings. The van der Waals surface area contributed by atoms with Crippen molar-refractivity contribution in [3.05, 3.63) is 48.5 Å². The minimum atomic E-state index is -0.225. The zero-order chi connectivity index (χ0) is 20.4. The van der Waals surface area contributed by atoms with Crippen molar-refractivity contribution in [2.45, 2.75) is 36.1 Å². The van der Waals surface area contributed by atoms with Gasteiger partial charge in [-0.15, -0.1) is 0 Å². The second-order valence-corrected chi connectivity index (χ2v) is 8.50. The molecule has 6 heteroatoms. The number of pyridine rings is 1. The van der Waals surface area contributed by atoms with Crippen molar-refractivity contribution in [1.29, 1.82) is 0 Å². The Bertz CT molecular complexity index is 1040. The molecule has 1 aromatic heterocycles. The standard InChI is InChI=1S/C23H24N2O3S/c1-14(23(26)24-16-9-10-16)29-21-13-18(15-7-5-4-6-8-15)22-19(25-21)11-17(27-2)12-20(22)28-3/h4-8,11-14,16H,9-10H2,1-3H3,(H,24,26)/t14-/m1/s1. The van der Waals surface area contributed by atoms with E-state index >= 15 is 0 Å². The lowest BCUT2D eigenvalue weighted by molar-refractivity contribution is -0.120. The first-order valence-electron chi connectivity index (χ1n) is 9.68. The molecule has 0 saturated heterocycles.